The minimum Gasteiger partial charge on any atom is -0.480 e. The molecule has 3 N–H and O–H groups in total. The number of nitrogens with one attached hydrogen (secondary N) is 2. The van der Waals surface area contributed by atoms with Gasteiger partial charge in [-0.25, -0.2) is 4.79 Å². The third-order valence-corrected chi connectivity index (χ3v) is 4.84. The molecule has 6 nitrogen and oxygen atoms in total. The van der Waals surface area contributed by atoms with Gasteiger partial charge in [0.2, 0.25) is 11.8 Å². The molecule has 1 rings (SSSR count). The van der Waals surface area contributed by atoms with Crippen LogP contribution in [-0.4, -0.2) is 47.0 Å². The molecule has 0 aromatic carbocycles. The van der Waals surface area contributed by atoms with Crippen LogP contribution in [0.15, 0.2) is 0 Å². The van der Waals surface area contributed by atoms with E-state index < -0.39 is 24.0 Å². The van der Waals surface area contributed by atoms with Crippen LogP contribution in [-0.2, 0) is 14.4 Å². The molecular weight excluding hydrogens is 316 g/mol. The van der Waals surface area contributed by atoms with E-state index in [1.807, 2.05) is 20.1 Å². The third-order valence-electron chi connectivity index (χ3n) is 4.20. The van der Waals surface area contributed by atoms with Gasteiger partial charge in [0.15, 0.2) is 0 Å². The predicted molar refractivity (Wildman–Crippen MR) is 91.3 cm³/mol. The molecule has 1 saturated carbocycles. The number of carboxylic acids is 1. The molecule has 0 bridgehead atoms. The van der Waals surface area contributed by atoms with Gasteiger partial charge in [0.1, 0.15) is 12.1 Å². The van der Waals surface area contributed by atoms with Crippen molar-refractivity contribution in [1.29, 1.82) is 0 Å². The van der Waals surface area contributed by atoms with Gasteiger partial charge < -0.3 is 15.7 Å². The Kier molecular flexibility index (Phi) is 8.44. The second-order valence-electron chi connectivity index (χ2n) is 6.39. The average molecular weight is 344 g/mol. The summed E-state index contributed by atoms with van der Waals surface area (Å²) in [7, 11) is 0. The van der Waals surface area contributed by atoms with Crippen molar-refractivity contribution in [1.82, 2.24) is 10.6 Å². The Hall–Kier alpha value is -1.24. The van der Waals surface area contributed by atoms with Gasteiger partial charge in [-0.3, -0.25) is 9.59 Å². The molecule has 0 radical (unpaired) electrons. The molecule has 0 aromatic rings. The lowest BCUT2D eigenvalue weighted by molar-refractivity contribution is -0.142. The molecule has 2 atom stereocenters. The number of rotatable bonds is 9. The van der Waals surface area contributed by atoms with E-state index in [9.17, 15) is 19.5 Å². The second kappa shape index (κ2) is 9.80. The molecule has 0 heterocycles. The van der Waals surface area contributed by atoms with Crippen molar-refractivity contribution in [3.05, 3.63) is 0 Å². The van der Waals surface area contributed by atoms with Gasteiger partial charge in [-0.2, -0.15) is 11.8 Å². The molecule has 0 unspecified atom stereocenters. The Morgan fingerprint density at radius 3 is 2.26 bits per heavy atom. The minimum absolute atomic E-state index is 0.0178. The van der Waals surface area contributed by atoms with Crippen LogP contribution >= 0.6 is 11.8 Å². The monoisotopic (exact) mass is 344 g/mol. The van der Waals surface area contributed by atoms with E-state index in [1.54, 1.807) is 0 Å². The Balaban J connectivity index is 2.65. The largest absolute Gasteiger partial charge is 0.480 e. The van der Waals surface area contributed by atoms with Gasteiger partial charge in [0.05, 0.1) is 0 Å². The number of thioether (sulfide) groups is 1. The van der Waals surface area contributed by atoms with Crippen LogP contribution in [0.3, 0.4) is 0 Å². The lowest BCUT2D eigenvalue weighted by atomic mass is 10.0. The Bertz CT molecular complexity index is 422. The van der Waals surface area contributed by atoms with Crippen LogP contribution in [0, 0.1) is 11.8 Å². The van der Waals surface area contributed by atoms with Crippen LogP contribution in [0.1, 0.15) is 46.0 Å². The molecule has 23 heavy (non-hydrogen) atoms. The maximum absolute atomic E-state index is 12.4. The van der Waals surface area contributed by atoms with E-state index in [-0.39, 0.29) is 17.7 Å². The van der Waals surface area contributed by atoms with Crippen molar-refractivity contribution >= 4 is 29.5 Å². The quantitative estimate of drug-likeness (QED) is 0.591. The van der Waals surface area contributed by atoms with Crippen molar-refractivity contribution < 1.29 is 19.5 Å². The summed E-state index contributed by atoms with van der Waals surface area (Å²) < 4.78 is 0. The molecule has 0 aromatic heterocycles. The third kappa shape index (κ3) is 6.41. The van der Waals surface area contributed by atoms with Gasteiger partial charge in [-0.1, -0.05) is 26.7 Å². The average Bonchev–Trinajstić information content (AvgIpc) is 3.02. The summed E-state index contributed by atoms with van der Waals surface area (Å²) in [6.07, 6.45) is 6.08. The number of hydrogen-bond donors (Lipinski definition) is 3. The lowest BCUT2D eigenvalue weighted by Crippen LogP contribution is -2.54. The Labute approximate surface area is 142 Å². The number of amides is 2. The molecule has 1 aliphatic rings. The fourth-order valence-corrected chi connectivity index (χ4v) is 3.22. The van der Waals surface area contributed by atoms with Gasteiger partial charge in [0.25, 0.3) is 0 Å². The number of carboxylic acid groups (broad SMARTS) is 1. The highest BCUT2D eigenvalue weighted by Gasteiger charge is 2.31. The Morgan fingerprint density at radius 1 is 1.17 bits per heavy atom. The molecule has 132 valence electrons. The summed E-state index contributed by atoms with van der Waals surface area (Å²) in [6, 6.07) is -1.61. The van der Waals surface area contributed by atoms with Crippen molar-refractivity contribution in [3.63, 3.8) is 0 Å². The first-order chi connectivity index (χ1) is 10.9. The molecule has 0 spiro atoms. The zero-order valence-corrected chi connectivity index (χ0v) is 14.9. The van der Waals surface area contributed by atoms with Gasteiger partial charge in [-0.05, 0) is 37.2 Å². The first-order valence-corrected chi connectivity index (χ1v) is 9.58. The number of aliphatic carboxylic acids is 1. The summed E-state index contributed by atoms with van der Waals surface area (Å²) >= 11 is 1.53. The zero-order chi connectivity index (χ0) is 17.4. The molecule has 0 aliphatic heterocycles. The van der Waals surface area contributed by atoms with E-state index in [0.717, 1.165) is 25.7 Å². The normalized spacial score (nSPS) is 17.7. The zero-order valence-electron chi connectivity index (χ0n) is 14.1. The maximum Gasteiger partial charge on any atom is 0.326 e. The molecule has 1 fully saturated rings. The van der Waals surface area contributed by atoms with Crippen molar-refractivity contribution in [2.24, 2.45) is 11.8 Å². The minimum atomic E-state index is -1.04. The van der Waals surface area contributed by atoms with Gasteiger partial charge >= 0.3 is 5.97 Å². The van der Waals surface area contributed by atoms with Gasteiger partial charge in [0, 0.05) is 5.92 Å². The summed E-state index contributed by atoms with van der Waals surface area (Å²) in [4.78, 5) is 35.9. The molecule has 2 amide bonds. The molecular formula is C16H28N2O4S. The van der Waals surface area contributed by atoms with Crippen molar-refractivity contribution in [3.8, 4) is 0 Å². The fraction of sp³-hybridized carbons (Fsp3) is 0.812. The first-order valence-electron chi connectivity index (χ1n) is 8.19. The summed E-state index contributed by atoms with van der Waals surface area (Å²) in [6.45, 7) is 3.69. The van der Waals surface area contributed by atoms with Crippen LogP contribution < -0.4 is 10.6 Å². The Morgan fingerprint density at radius 2 is 1.78 bits per heavy atom. The second-order valence-corrected chi connectivity index (χ2v) is 7.38. The standard InChI is InChI=1S/C16H28N2O4S/c1-10(2)13(18-14(19)11-6-4-5-7-11)15(20)17-12(16(21)22)8-9-23-3/h10-13H,4-9H2,1-3H3,(H,17,20)(H,18,19)(H,21,22)/t12-,13-/m0/s1. The number of hydrogen-bond acceptors (Lipinski definition) is 4. The summed E-state index contributed by atoms with van der Waals surface area (Å²) in [5, 5.41) is 14.6. The number of carbonyl (C=O) groups excluding carboxylic acids is 2. The van der Waals surface area contributed by atoms with E-state index in [4.69, 9.17) is 0 Å². The van der Waals surface area contributed by atoms with Crippen LogP contribution in [0.2, 0.25) is 0 Å². The number of carbonyl (C=O) groups is 3. The van der Waals surface area contributed by atoms with E-state index >= 15 is 0 Å². The highest BCUT2D eigenvalue weighted by molar-refractivity contribution is 7.98. The van der Waals surface area contributed by atoms with Crippen LogP contribution in [0.4, 0.5) is 0 Å². The SMILES string of the molecule is CSCC[C@H](NC(=O)[C@@H](NC(=O)C1CCCC1)C(C)C)C(=O)O. The highest BCUT2D eigenvalue weighted by atomic mass is 32.2. The molecule has 7 heteroatoms. The summed E-state index contributed by atoms with van der Waals surface area (Å²) in [5.41, 5.74) is 0. The predicted octanol–water partition coefficient (Wildman–Crippen LogP) is 1.64. The van der Waals surface area contributed by atoms with Crippen molar-refractivity contribution in [2.45, 2.75) is 58.0 Å². The van der Waals surface area contributed by atoms with E-state index in [1.165, 1.54) is 11.8 Å². The smallest absolute Gasteiger partial charge is 0.326 e. The van der Waals surface area contributed by atoms with Crippen LogP contribution in [0.5, 0.6) is 0 Å². The van der Waals surface area contributed by atoms with E-state index in [2.05, 4.69) is 10.6 Å². The van der Waals surface area contributed by atoms with E-state index in [0.29, 0.717) is 12.2 Å². The maximum atomic E-state index is 12.4. The molecule has 1 aliphatic carbocycles. The van der Waals surface area contributed by atoms with Gasteiger partial charge in [-0.15, -0.1) is 0 Å². The van der Waals surface area contributed by atoms with Crippen LogP contribution in [0.25, 0.3) is 0 Å². The lowest BCUT2D eigenvalue weighted by Gasteiger charge is -2.25. The molecule has 0 saturated heterocycles. The highest BCUT2D eigenvalue weighted by Crippen LogP contribution is 2.25. The fourth-order valence-electron chi connectivity index (χ4n) is 2.75. The topological polar surface area (TPSA) is 95.5 Å². The van der Waals surface area contributed by atoms with Crippen molar-refractivity contribution in [2.75, 3.05) is 12.0 Å². The first kappa shape index (κ1) is 19.8. The summed E-state index contributed by atoms with van der Waals surface area (Å²) in [5.74, 6) is -1.02.